The molecule has 0 saturated carbocycles. The Bertz CT molecular complexity index is 407. The van der Waals surface area contributed by atoms with Crippen LogP contribution in [0.4, 0.5) is 0 Å². The van der Waals surface area contributed by atoms with Gasteiger partial charge in [-0.2, -0.15) is 0 Å². The van der Waals surface area contributed by atoms with Crippen LogP contribution in [0, 0.1) is 12.3 Å². The maximum Gasteiger partial charge on any atom is 0.310 e. The number of aryl methyl sites for hydroxylation is 1. The number of aromatic nitrogens is 1. The molecule has 0 aliphatic heterocycles. The molecule has 0 bridgehead atoms. The highest BCUT2D eigenvalue weighted by molar-refractivity contribution is 5.95. The van der Waals surface area contributed by atoms with Crippen LogP contribution in [0.25, 0.3) is 0 Å². The van der Waals surface area contributed by atoms with E-state index in [1.165, 1.54) is 0 Å². The lowest BCUT2D eigenvalue weighted by Gasteiger charge is -2.19. The van der Waals surface area contributed by atoms with Crippen LogP contribution < -0.4 is 5.32 Å². The van der Waals surface area contributed by atoms with Gasteiger partial charge in [0.25, 0.3) is 5.91 Å². The number of hydrogen-bond acceptors (Lipinski definition) is 2. The summed E-state index contributed by atoms with van der Waals surface area (Å²) in [7, 11) is 0. The minimum atomic E-state index is -0.958. The van der Waals surface area contributed by atoms with E-state index in [4.69, 9.17) is 5.11 Å². The van der Waals surface area contributed by atoms with E-state index in [-0.39, 0.29) is 12.5 Å². The van der Waals surface area contributed by atoms with Crippen LogP contribution in [0.2, 0.25) is 0 Å². The zero-order valence-electron chi connectivity index (χ0n) is 9.63. The molecule has 1 rings (SSSR count). The Morgan fingerprint density at radius 1 is 1.44 bits per heavy atom. The number of aromatic amines is 1. The van der Waals surface area contributed by atoms with Crippen LogP contribution >= 0.6 is 0 Å². The molecule has 0 fully saturated rings. The average Bonchev–Trinajstić information content (AvgIpc) is 2.61. The molecule has 0 saturated heterocycles. The molecule has 1 aromatic heterocycles. The summed E-state index contributed by atoms with van der Waals surface area (Å²) in [4.78, 5) is 25.3. The lowest BCUT2D eigenvalue weighted by atomic mass is 9.94. The molecule has 3 N–H and O–H groups in total. The predicted octanol–water partition coefficient (Wildman–Crippen LogP) is 1.16. The van der Waals surface area contributed by atoms with Gasteiger partial charge in [-0.25, -0.2) is 0 Å². The molecular weight excluding hydrogens is 208 g/mol. The number of hydrogen-bond donors (Lipinski definition) is 3. The van der Waals surface area contributed by atoms with Gasteiger partial charge in [0.05, 0.1) is 11.0 Å². The Morgan fingerprint density at radius 3 is 2.50 bits per heavy atom. The van der Waals surface area contributed by atoms with Gasteiger partial charge in [-0.3, -0.25) is 9.59 Å². The molecule has 0 spiro atoms. The van der Waals surface area contributed by atoms with Gasteiger partial charge >= 0.3 is 5.97 Å². The summed E-state index contributed by atoms with van der Waals surface area (Å²) in [5, 5.41) is 11.5. The van der Waals surface area contributed by atoms with E-state index in [1.807, 2.05) is 6.92 Å². The van der Waals surface area contributed by atoms with Gasteiger partial charge in [-0.15, -0.1) is 0 Å². The van der Waals surface area contributed by atoms with Crippen LogP contribution in [-0.4, -0.2) is 28.5 Å². The number of H-pyrrole nitrogens is 1. The molecule has 0 aliphatic carbocycles. The van der Waals surface area contributed by atoms with E-state index in [9.17, 15) is 9.59 Å². The number of aliphatic carboxylic acids is 1. The van der Waals surface area contributed by atoms with Crippen LogP contribution in [0.3, 0.4) is 0 Å². The molecule has 0 atom stereocenters. The van der Waals surface area contributed by atoms with Crippen molar-refractivity contribution in [3.05, 3.63) is 23.5 Å². The molecule has 0 aliphatic rings. The maximum absolute atomic E-state index is 11.7. The van der Waals surface area contributed by atoms with Gasteiger partial charge in [-0.1, -0.05) is 0 Å². The molecular formula is C11H16N2O3. The standard InChI is InChI=1S/C11H16N2O3/c1-7-4-12-5-8(7)9(14)13-6-11(2,3)10(15)16/h4-5,12H,6H2,1-3H3,(H,13,14)(H,15,16). The second-order valence-corrected chi connectivity index (χ2v) is 4.42. The van der Waals surface area contributed by atoms with Crippen molar-refractivity contribution in [3.8, 4) is 0 Å². The van der Waals surface area contributed by atoms with Crippen molar-refractivity contribution in [2.45, 2.75) is 20.8 Å². The minimum Gasteiger partial charge on any atom is -0.481 e. The second-order valence-electron chi connectivity index (χ2n) is 4.42. The Balaban J connectivity index is 2.61. The third kappa shape index (κ3) is 2.62. The van der Waals surface area contributed by atoms with Crippen molar-refractivity contribution in [1.82, 2.24) is 10.3 Å². The van der Waals surface area contributed by atoms with E-state index in [1.54, 1.807) is 26.2 Å². The van der Waals surface area contributed by atoms with Gasteiger partial charge in [-0.05, 0) is 26.3 Å². The number of carboxylic acids is 1. The van der Waals surface area contributed by atoms with Crippen LogP contribution in [0.1, 0.15) is 29.8 Å². The Labute approximate surface area is 93.9 Å². The Morgan fingerprint density at radius 2 is 2.06 bits per heavy atom. The zero-order chi connectivity index (χ0) is 12.3. The number of nitrogens with one attached hydrogen (secondary N) is 2. The first-order valence-corrected chi connectivity index (χ1v) is 4.99. The molecule has 88 valence electrons. The smallest absolute Gasteiger partial charge is 0.310 e. The molecule has 0 unspecified atom stereocenters. The summed E-state index contributed by atoms with van der Waals surface area (Å²) in [5.41, 5.74) is 0.423. The van der Waals surface area contributed by atoms with Gasteiger partial charge in [0.2, 0.25) is 0 Å². The quantitative estimate of drug-likeness (QED) is 0.717. The number of rotatable bonds is 4. The fraction of sp³-hybridized carbons (Fsp3) is 0.455. The third-order valence-corrected chi connectivity index (χ3v) is 2.47. The molecule has 5 nitrogen and oxygen atoms in total. The second kappa shape index (κ2) is 4.38. The fourth-order valence-electron chi connectivity index (χ4n) is 1.16. The molecule has 1 aromatic rings. The molecule has 5 heteroatoms. The third-order valence-electron chi connectivity index (χ3n) is 2.47. The number of carbonyl (C=O) groups excluding carboxylic acids is 1. The molecule has 0 aromatic carbocycles. The summed E-state index contributed by atoms with van der Waals surface area (Å²) in [5.74, 6) is -1.19. The van der Waals surface area contributed by atoms with E-state index in [0.29, 0.717) is 5.56 Å². The Kier molecular flexibility index (Phi) is 3.37. The topological polar surface area (TPSA) is 82.2 Å². The monoisotopic (exact) mass is 224 g/mol. The van der Waals surface area contributed by atoms with Gasteiger partial charge < -0.3 is 15.4 Å². The lowest BCUT2D eigenvalue weighted by molar-refractivity contribution is -0.146. The van der Waals surface area contributed by atoms with Gasteiger partial charge in [0.15, 0.2) is 0 Å². The maximum atomic E-state index is 11.7. The first-order chi connectivity index (χ1) is 7.34. The van der Waals surface area contributed by atoms with Crippen LogP contribution in [0.5, 0.6) is 0 Å². The van der Waals surface area contributed by atoms with Crippen molar-refractivity contribution >= 4 is 11.9 Å². The van der Waals surface area contributed by atoms with E-state index in [2.05, 4.69) is 10.3 Å². The molecule has 16 heavy (non-hydrogen) atoms. The van der Waals surface area contributed by atoms with Crippen molar-refractivity contribution in [2.24, 2.45) is 5.41 Å². The van der Waals surface area contributed by atoms with E-state index < -0.39 is 11.4 Å². The zero-order valence-corrected chi connectivity index (χ0v) is 9.63. The molecule has 1 amide bonds. The highest BCUT2D eigenvalue weighted by Gasteiger charge is 2.27. The highest BCUT2D eigenvalue weighted by atomic mass is 16.4. The summed E-state index contributed by atoms with van der Waals surface area (Å²) in [6, 6.07) is 0. The largest absolute Gasteiger partial charge is 0.481 e. The summed E-state index contributed by atoms with van der Waals surface area (Å²) in [6.45, 7) is 5.05. The van der Waals surface area contributed by atoms with E-state index >= 15 is 0 Å². The number of carbonyl (C=O) groups is 2. The molecule has 0 radical (unpaired) electrons. The minimum absolute atomic E-state index is 0.103. The first-order valence-electron chi connectivity index (χ1n) is 4.99. The van der Waals surface area contributed by atoms with Crippen LogP contribution in [0.15, 0.2) is 12.4 Å². The van der Waals surface area contributed by atoms with Crippen molar-refractivity contribution in [2.75, 3.05) is 6.54 Å². The Hall–Kier alpha value is -1.78. The normalized spacial score (nSPS) is 11.2. The summed E-state index contributed by atoms with van der Waals surface area (Å²) < 4.78 is 0. The summed E-state index contributed by atoms with van der Waals surface area (Å²) >= 11 is 0. The average molecular weight is 224 g/mol. The van der Waals surface area contributed by atoms with Crippen LogP contribution in [-0.2, 0) is 4.79 Å². The van der Waals surface area contributed by atoms with Gasteiger partial charge in [0.1, 0.15) is 0 Å². The summed E-state index contributed by atoms with van der Waals surface area (Å²) in [6.07, 6.45) is 3.32. The lowest BCUT2D eigenvalue weighted by Crippen LogP contribution is -2.38. The van der Waals surface area contributed by atoms with Crippen molar-refractivity contribution in [1.29, 1.82) is 0 Å². The van der Waals surface area contributed by atoms with E-state index in [0.717, 1.165) is 5.56 Å². The SMILES string of the molecule is Cc1c[nH]cc1C(=O)NCC(C)(C)C(=O)O. The fourth-order valence-corrected chi connectivity index (χ4v) is 1.16. The van der Waals surface area contributed by atoms with Crippen molar-refractivity contribution in [3.63, 3.8) is 0 Å². The predicted molar refractivity (Wildman–Crippen MR) is 59.3 cm³/mol. The first kappa shape index (κ1) is 12.3. The number of carboxylic acid groups (broad SMARTS) is 1. The molecule has 1 heterocycles. The van der Waals surface area contributed by atoms with Gasteiger partial charge in [0, 0.05) is 18.9 Å². The van der Waals surface area contributed by atoms with Crippen molar-refractivity contribution < 1.29 is 14.7 Å². The highest BCUT2D eigenvalue weighted by Crippen LogP contribution is 2.14. The number of amides is 1.